The molecular weight excluding hydrogens is 406 g/mol. The van der Waals surface area contributed by atoms with Crippen molar-refractivity contribution in [1.29, 1.82) is 0 Å². The fourth-order valence-corrected chi connectivity index (χ4v) is 3.78. The van der Waals surface area contributed by atoms with Crippen molar-refractivity contribution in [2.75, 3.05) is 23.3 Å². The van der Waals surface area contributed by atoms with Crippen LogP contribution in [0.1, 0.15) is 36.2 Å². The van der Waals surface area contributed by atoms with E-state index >= 15 is 0 Å². The van der Waals surface area contributed by atoms with Crippen molar-refractivity contribution in [2.24, 2.45) is 0 Å². The van der Waals surface area contributed by atoms with Gasteiger partial charge in [0, 0.05) is 30.4 Å². The molecule has 3 aromatic heterocycles. The number of nitrogens with zero attached hydrogens (tertiary/aromatic N) is 4. The largest absolute Gasteiger partial charge is 0.461 e. The Morgan fingerprint density at radius 1 is 0.906 bits per heavy atom. The monoisotopic (exact) mass is 429 g/mol. The van der Waals surface area contributed by atoms with Gasteiger partial charge in [0.15, 0.2) is 17.3 Å². The van der Waals surface area contributed by atoms with Crippen LogP contribution < -0.4 is 10.2 Å². The maximum Gasteiger partial charge on any atom is 0.277 e. The molecule has 0 atom stereocenters. The van der Waals surface area contributed by atoms with Gasteiger partial charge in [0.1, 0.15) is 0 Å². The van der Waals surface area contributed by atoms with Gasteiger partial charge in [-0.25, -0.2) is 0 Å². The van der Waals surface area contributed by atoms with Gasteiger partial charge in [-0.15, -0.1) is 10.2 Å². The number of furan rings is 1. The van der Waals surface area contributed by atoms with E-state index in [1.165, 1.54) is 31.9 Å². The first-order chi connectivity index (χ1) is 15.8. The van der Waals surface area contributed by atoms with E-state index in [4.69, 9.17) is 8.94 Å². The molecule has 32 heavy (non-hydrogen) atoms. The van der Waals surface area contributed by atoms with Crippen molar-refractivity contribution in [3.05, 3.63) is 66.6 Å². The first-order valence-corrected chi connectivity index (χ1v) is 10.8. The summed E-state index contributed by atoms with van der Waals surface area (Å²) >= 11 is 0. The fourth-order valence-electron chi connectivity index (χ4n) is 3.78. The first kappa shape index (κ1) is 20.0. The lowest BCUT2D eigenvalue weighted by atomic mass is 10.1. The van der Waals surface area contributed by atoms with Gasteiger partial charge in [0.25, 0.3) is 5.91 Å². The first-order valence-electron chi connectivity index (χ1n) is 10.8. The van der Waals surface area contributed by atoms with Crippen LogP contribution in [0, 0.1) is 0 Å². The van der Waals surface area contributed by atoms with Crippen LogP contribution in [-0.4, -0.2) is 34.4 Å². The highest BCUT2D eigenvalue weighted by Gasteiger charge is 2.16. The van der Waals surface area contributed by atoms with Gasteiger partial charge in [-0.05, 0) is 49.2 Å². The summed E-state index contributed by atoms with van der Waals surface area (Å²) in [6.45, 7) is 2.08. The smallest absolute Gasteiger partial charge is 0.277 e. The molecule has 1 aliphatic rings. The molecule has 162 valence electrons. The van der Waals surface area contributed by atoms with E-state index in [2.05, 4.69) is 25.6 Å². The van der Waals surface area contributed by atoms with Crippen molar-refractivity contribution in [3.8, 4) is 22.8 Å². The third kappa shape index (κ3) is 4.39. The maximum atomic E-state index is 12.5. The van der Waals surface area contributed by atoms with Gasteiger partial charge in [-0.3, -0.25) is 4.79 Å². The lowest BCUT2D eigenvalue weighted by Gasteiger charge is -2.20. The molecule has 1 aromatic carbocycles. The summed E-state index contributed by atoms with van der Waals surface area (Å²) in [6, 6.07) is 16.5. The predicted octanol–water partition coefficient (Wildman–Crippen LogP) is 5.02. The standard InChI is InChI=1S/C24H23N5O3/c30-24(20-16-22(32-28-20)21-6-5-15-31-21)25-18-9-7-17(8-10-18)19-11-12-23(27-26-19)29-13-3-1-2-4-14-29/h5-12,15-16H,1-4,13-14H2,(H,25,30). The molecule has 1 amide bonds. The van der Waals surface area contributed by atoms with Crippen LogP contribution in [-0.2, 0) is 0 Å². The zero-order valence-electron chi connectivity index (χ0n) is 17.5. The minimum Gasteiger partial charge on any atom is -0.461 e. The minimum absolute atomic E-state index is 0.176. The number of amides is 1. The molecule has 8 nitrogen and oxygen atoms in total. The second-order valence-electron chi connectivity index (χ2n) is 7.76. The van der Waals surface area contributed by atoms with Gasteiger partial charge in [0.2, 0.25) is 5.76 Å². The number of carbonyl (C=O) groups excluding carboxylic acids is 1. The number of aromatic nitrogens is 3. The molecule has 4 aromatic rings. The second kappa shape index (κ2) is 9.05. The molecule has 0 unspecified atom stereocenters. The molecule has 1 aliphatic heterocycles. The van der Waals surface area contributed by atoms with Gasteiger partial charge >= 0.3 is 0 Å². The summed E-state index contributed by atoms with van der Waals surface area (Å²) in [6.07, 6.45) is 6.51. The Morgan fingerprint density at radius 2 is 1.72 bits per heavy atom. The zero-order valence-corrected chi connectivity index (χ0v) is 17.5. The van der Waals surface area contributed by atoms with Crippen LogP contribution in [0.3, 0.4) is 0 Å². The number of nitrogens with one attached hydrogen (secondary N) is 1. The Morgan fingerprint density at radius 3 is 2.41 bits per heavy atom. The second-order valence-corrected chi connectivity index (χ2v) is 7.76. The van der Waals surface area contributed by atoms with Crippen molar-refractivity contribution in [1.82, 2.24) is 15.4 Å². The topological polar surface area (TPSA) is 97.3 Å². The lowest BCUT2D eigenvalue weighted by Crippen LogP contribution is -2.25. The number of rotatable bonds is 5. The van der Waals surface area contributed by atoms with Gasteiger partial charge in [0.05, 0.1) is 12.0 Å². The SMILES string of the molecule is O=C(Nc1ccc(-c2ccc(N3CCCCCC3)nn2)cc1)c1cc(-c2ccco2)on1. The number of anilines is 2. The number of benzene rings is 1. The zero-order chi connectivity index (χ0) is 21.8. The normalized spacial score (nSPS) is 14.2. The highest BCUT2D eigenvalue weighted by Crippen LogP contribution is 2.24. The molecule has 5 rings (SSSR count). The van der Waals surface area contributed by atoms with Crippen LogP contribution in [0.15, 0.2) is 69.8 Å². The van der Waals surface area contributed by atoms with E-state index in [9.17, 15) is 4.79 Å². The summed E-state index contributed by atoms with van der Waals surface area (Å²) in [5.41, 5.74) is 2.55. The van der Waals surface area contributed by atoms with Crippen molar-refractivity contribution in [3.63, 3.8) is 0 Å². The maximum absolute atomic E-state index is 12.5. The minimum atomic E-state index is -0.360. The van der Waals surface area contributed by atoms with Crippen molar-refractivity contribution < 1.29 is 13.7 Å². The third-order valence-electron chi connectivity index (χ3n) is 5.53. The summed E-state index contributed by atoms with van der Waals surface area (Å²) in [4.78, 5) is 14.8. The Labute approximate surface area is 185 Å². The number of carbonyl (C=O) groups is 1. The van der Waals surface area contributed by atoms with E-state index < -0.39 is 0 Å². The highest BCUT2D eigenvalue weighted by atomic mass is 16.5. The Bertz CT molecular complexity index is 1160. The third-order valence-corrected chi connectivity index (χ3v) is 5.53. The molecule has 1 saturated heterocycles. The Hall–Kier alpha value is -3.94. The average Bonchev–Trinajstić information content (AvgIpc) is 3.47. The van der Waals surface area contributed by atoms with E-state index in [0.717, 1.165) is 30.2 Å². The molecular formula is C24H23N5O3. The average molecular weight is 429 g/mol. The number of hydrogen-bond acceptors (Lipinski definition) is 7. The van der Waals surface area contributed by atoms with Crippen molar-refractivity contribution in [2.45, 2.75) is 25.7 Å². The van der Waals surface area contributed by atoms with Crippen LogP contribution in [0.2, 0.25) is 0 Å². The summed E-state index contributed by atoms with van der Waals surface area (Å²) < 4.78 is 10.4. The van der Waals surface area contributed by atoms with Gasteiger partial charge in [-0.1, -0.05) is 30.1 Å². The lowest BCUT2D eigenvalue weighted by molar-refractivity contribution is 0.101. The quantitative estimate of drug-likeness (QED) is 0.475. The van der Waals surface area contributed by atoms with Crippen LogP contribution >= 0.6 is 0 Å². The molecule has 8 heteroatoms. The van der Waals surface area contributed by atoms with E-state index in [1.807, 2.05) is 36.4 Å². The summed E-state index contributed by atoms with van der Waals surface area (Å²) in [7, 11) is 0. The molecule has 1 fully saturated rings. The van der Waals surface area contributed by atoms with Crippen LogP contribution in [0.4, 0.5) is 11.5 Å². The molecule has 0 bridgehead atoms. The summed E-state index contributed by atoms with van der Waals surface area (Å²) in [5.74, 6) is 1.49. The van der Waals surface area contributed by atoms with E-state index in [0.29, 0.717) is 17.2 Å². The summed E-state index contributed by atoms with van der Waals surface area (Å²) in [5, 5.41) is 15.5. The molecule has 0 aliphatic carbocycles. The fraction of sp³-hybridized carbons (Fsp3) is 0.250. The molecule has 4 heterocycles. The van der Waals surface area contributed by atoms with E-state index in [-0.39, 0.29) is 11.6 Å². The number of hydrogen-bond donors (Lipinski definition) is 1. The predicted molar refractivity (Wildman–Crippen MR) is 120 cm³/mol. The van der Waals surface area contributed by atoms with Crippen LogP contribution in [0.5, 0.6) is 0 Å². The molecule has 0 spiro atoms. The highest BCUT2D eigenvalue weighted by molar-refractivity contribution is 6.03. The Kier molecular flexibility index (Phi) is 5.65. The van der Waals surface area contributed by atoms with Gasteiger partial charge < -0.3 is 19.2 Å². The Balaban J connectivity index is 1.23. The van der Waals surface area contributed by atoms with E-state index in [1.54, 1.807) is 18.2 Å². The van der Waals surface area contributed by atoms with Gasteiger partial charge in [-0.2, -0.15) is 0 Å². The molecule has 0 radical (unpaired) electrons. The molecule has 0 saturated carbocycles. The van der Waals surface area contributed by atoms with Crippen molar-refractivity contribution >= 4 is 17.4 Å². The van der Waals surface area contributed by atoms with Crippen LogP contribution in [0.25, 0.3) is 22.8 Å². The molecule has 1 N–H and O–H groups in total.